The highest BCUT2D eigenvalue weighted by atomic mass is 32.2. The van der Waals surface area contributed by atoms with E-state index in [4.69, 9.17) is 4.74 Å². The third-order valence-electron chi connectivity index (χ3n) is 4.35. The summed E-state index contributed by atoms with van der Waals surface area (Å²) in [6.45, 7) is 0. The molecule has 0 unspecified atom stereocenters. The Kier molecular flexibility index (Phi) is 4.99. The number of carbonyl (C=O) groups is 1. The number of fused-ring (bicyclic) bond motifs is 1. The van der Waals surface area contributed by atoms with Gasteiger partial charge in [-0.25, -0.2) is 9.97 Å². The minimum atomic E-state index is -0.153. The van der Waals surface area contributed by atoms with Crippen molar-refractivity contribution in [1.82, 2.24) is 9.97 Å². The van der Waals surface area contributed by atoms with Gasteiger partial charge in [-0.05, 0) is 31.2 Å². The van der Waals surface area contributed by atoms with E-state index < -0.39 is 0 Å². The average molecular weight is 370 g/mol. The van der Waals surface area contributed by atoms with Crippen molar-refractivity contribution in [3.8, 4) is 11.1 Å². The van der Waals surface area contributed by atoms with Gasteiger partial charge in [0.05, 0.1) is 11.1 Å². The summed E-state index contributed by atoms with van der Waals surface area (Å²) in [5.41, 5.74) is 2.26. The van der Waals surface area contributed by atoms with Crippen LogP contribution >= 0.6 is 23.1 Å². The van der Waals surface area contributed by atoms with Crippen molar-refractivity contribution in [2.24, 2.45) is 0 Å². The molecule has 1 aromatic carbocycles. The van der Waals surface area contributed by atoms with Gasteiger partial charge < -0.3 is 4.74 Å². The van der Waals surface area contributed by atoms with E-state index in [2.05, 4.69) is 27.5 Å². The van der Waals surface area contributed by atoms with Crippen molar-refractivity contribution in [3.05, 3.63) is 42.0 Å². The van der Waals surface area contributed by atoms with E-state index in [0.29, 0.717) is 0 Å². The summed E-state index contributed by atoms with van der Waals surface area (Å²) >= 11 is 3.04. The number of esters is 1. The normalized spacial score (nSPS) is 14.9. The van der Waals surface area contributed by atoms with Gasteiger partial charge in [0.2, 0.25) is 0 Å². The number of carbonyl (C=O) groups excluding carboxylic acids is 1. The molecule has 2 heterocycles. The predicted molar refractivity (Wildman–Crippen MR) is 102 cm³/mol. The third-order valence-corrected chi connectivity index (χ3v) is 6.20. The molecule has 25 heavy (non-hydrogen) atoms. The zero-order valence-electron chi connectivity index (χ0n) is 13.7. The van der Waals surface area contributed by atoms with Gasteiger partial charge >= 0.3 is 5.97 Å². The maximum absolute atomic E-state index is 12.1. The molecule has 0 radical (unpaired) electrons. The molecular formula is C19H18N2O2S2. The maximum Gasteiger partial charge on any atom is 0.316 e. The largest absolute Gasteiger partial charge is 0.462 e. The standard InChI is InChI=1S/C19H18N2O2S2/c22-16(23-14-8-4-5-9-14)11-25-19-17-15(13-6-2-1-3-7-13)10-24-18(17)20-12-21-19/h1-3,6-7,10,12,14H,4-5,8-9,11H2. The van der Waals surface area contributed by atoms with Crippen molar-refractivity contribution in [2.75, 3.05) is 5.75 Å². The second-order valence-electron chi connectivity index (χ2n) is 6.06. The van der Waals surface area contributed by atoms with Crippen LogP contribution in [0, 0.1) is 0 Å². The molecule has 0 atom stereocenters. The molecule has 2 aromatic heterocycles. The lowest BCUT2D eigenvalue weighted by atomic mass is 10.1. The van der Waals surface area contributed by atoms with Crippen LogP contribution in [0.1, 0.15) is 25.7 Å². The lowest BCUT2D eigenvalue weighted by Crippen LogP contribution is -2.16. The SMILES string of the molecule is O=C(CSc1ncnc2scc(-c3ccccc3)c12)OC1CCCC1. The second-order valence-corrected chi connectivity index (χ2v) is 7.88. The molecule has 128 valence electrons. The summed E-state index contributed by atoms with van der Waals surface area (Å²) in [6.07, 6.45) is 5.99. The monoisotopic (exact) mass is 370 g/mol. The van der Waals surface area contributed by atoms with Gasteiger partial charge in [0, 0.05) is 10.9 Å². The lowest BCUT2D eigenvalue weighted by Gasteiger charge is -2.11. The highest BCUT2D eigenvalue weighted by Crippen LogP contribution is 2.37. The molecule has 1 aliphatic rings. The first-order valence-corrected chi connectivity index (χ1v) is 10.3. The Hall–Kier alpha value is -1.92. The Balaban J connectivity index is 1.55. The topological polar surface area (TPSA) is 52.1 Å². The molecule has 0 amide bonds. The molecule has 0 spiro atoms. The number of thiophene rings is 1. The zero-order chi connectivity index (χ0) is 17.1. The van der Waals surface area contributed by atoms with Crippen LogP contribution in [0.15, 0.2) is 47.1 Å². The van der Waals surface area contributed by atoms with E-state index in [1.807, 2.05) is 18.2 Å². The van der Waals surface area contributed by atoms with Crippen molar-refractivity contribution in [3.63, 3.8) is 0 Å². The first-order valence-electron chi connectivity index (χ1n) is 8.41. The van der Waals surface area contributed by atoms with E-state index in [-0.39, 0.29) is 17.8 Å². The number of hydrogen-bond acceptors (Lipinski definition) is 6. The fourth-order valence-electron chi connectivity index (χ4n) is 3.14. The lowest BCUT2D eigenvalue weighted by molar-refractivity contribution is -0.145. The van der Waals surface area contributed by atoms with Crippen LogP contribution in [-0.4, -0.2) is 27.8 Å². The van der Waals surface area contributed by atoms with Crippen molar-refractivity contribution < 1.29 is 9.53 Å². The molecule has 4 nitrogen and oxygen atoms in total. The second kappa shape index (κ2) is 7.54. The van der Waals surface area contributed by atoms with Gasteiger partial charge in [-0.3, -0.25) is 4.79 Å². The van der Waals surface area contributed by atoms with Crippen LogP contribution in [0.4, 0.5) is 0 Å². The van der Waals surface area contributed by atoms with E-state index in [0.717, 1.165) is 52.1 Å². The first-order chi connectivity index (χ1) is 12.3. The minimum absolute atomic E-state index is 0.111. The van der Waals surface area contributed by atoms with Crippen molar-refractivity contribution in [1.29, 1.82) is 0 Å². The van der Waals surface area contributed by atoms with Gasteiger partial charge in [0.1, 0.15) is 22.3 Å². The highest BCUT2D eigenvalue weighted by molar-refractivity contribution is 8.00. The Labute approximate surface area is 154 Å². The van der Waals surface area contributed by atoms with Crippen LogP contribution in [0.25, 0.3) is 21.3 Å². The Morgan fingerprint density at radius 1 is 1.20 bits per heavy atom. The van der Waals surface area contributed by atoms with Gasteiger partial charge in [-0.1, -0.05) is 42.1 Å². The number of thioether (sulfide) groups is 1. The van der Waals surface area contributed by atoms with Gasteiger partial charge in [0.15, 0.2) is 0 Å². The predicted octanol–water partition coefficient (Wildman–Crippen LogP) is 4.94. The van der Waals surface area contributed by atoms with Crippen LogP contribution in [0.2, 0.25) is 0 Å². The third kappa shape index (κ3) is 3.70. The molecule has 3 aromatic rings. The molecule has 0 aliphatic heterocycles. The van der Waals surface area contributed by atoms with E-state index in [1.54, 1.807) is 17.7 Å². The summed E-state index contributed by atoms with van der Waals surface area (Å²) in [7, 11) is 0. The molecule has 1 saturated carbocycles. The van der Waals surface area contributed by atoms with Crippen LogP contribution < -0.4 is 0 Å². The fraction of sp³-hybridized carbons (Fsp3) is 0.316. The van der Waals surface area contributed by atoms with Gasteiger partial charge in [0.25, 0.3) is 0 Å². The van der Waals surface area contributed by atoms with Crippen LogP contribution in [0.3, 0.4) is 0 Å². The molecular weight excluding hydrogens is 352 g/mol. The van der Waals surface area contributed by atoms with E-state index in [9.17, 15) is 4.79 Å². The quantitative estimate of drug-likeness (QED) is 0.362. The molecule has 1 aliphatic carbocycles. The molecule has 1 fully saturated rings. The van der Waals surface area contributed by atoms with Crippen LogP contribution in [-0.2, 0) is 9.53 Å². The van der Waals surface area contributed by atoms with Crippen molar-refractivity contribution >= 4 is 39.3 Å². The summed E-state index contributed by atoms with van der Waals surface area (Å²) in [4.78, 5) is 21.9. The fourth-order valence-corrected chi connectivity index (χ4v) is 4.92. The molecule has 4 rings (SSSR count). The Morgan fingerprint density at radius 2 is 2.00 bits per heavy atom. The number of nitrogens with zero attached hydrogens (tertiary/aromatic N) is 2. The van der Waals surface area contributed by atoms with E-state index >= 15 is 0 Å². The summed E-state index contributed by atoms with van der Waals surface area (Å²) in [6, 6.07) is 10.2. The Bertz CT molecular complexity index is 874. The molecule has 0 N–H and O–H groups in total. The van der Waals surface area contributed by atoms with E-state index in [1.165, 1.54) is 11.8 Å². The van der Waals surface area contributed by atoms with Gasteiger partial charge in [-0.2, -0.15) is 0 Å². The number of benzene rings is 1. The smallest absolute Gasteiger partial charge is 0.316 e. The first kappa shape index (κ1) is 16.5. The number of aromatic nitrogens is 2. The minimum Gasteiger partial charge on any atom is -0.462 e. The van der Waals surface area contributed by atoms with Crippen LogP contribution in [0.5, 0.6) is 0 Å². The zero-order valence-corrected chi connectivity index (χ0v) is 15.3. The maximum atomic E-state index is 12.1. The molecule has 6 heteroatoms. The van der Waals surface area contributed by atoms with Crippen molar-refractivity contribution in [2.45, 2.75) is 36.8 Å². The average Bonchev–Trinajstić information content (AvgIpc) is 3.30. The summed E-state index contributed by atoms with van der Waals surface area (Å²) in [5, 5.41) is 3.97. The number of hydrogen-bond donors (Lipinski definition) is 0. The molecule has 0 bridgehead atoms. The molecule has 0 saturated heterocycles. The highest BCUT2D eigenvalue weighted by Gasteiger charge is 2.20. The number of rotatable bonds is 5. The Morgan fingerprint density at radius 3 is 2.80 bits per heavy atom. The summed E-state index contributed by atoms with van der Waals surface area (Å²) < 4.78 is 5.54. The summed E-state index contributed by atoms with van der Waals surface area (Å²) in [5.74, 6) is 0.132. The van der Waals surface area contributed by atoms with Gasteiger partial charge in [-0.15, -0.1) is 11.3 Å². The number of ether oxygens (including phenoxy) is 1.